The highest BCUT2D eigenvalue weighted by molar-refractivity contribution is 6.26. The third kappa shape index (κ3) is 6.07. The molecular weight excluding hydrogens is 727 g/mol. The largest absolute Gasteiger partial charge is 0.228 e. The molecule has 0 aliphatic rings. The van der Waals surface area contributed by atoms with E-state index < -0.39 is 0 Å². The average molecular weight is 762 g/mol. The smallest absolute Gasteiger partial charge is 0.160 e. The van der Waals surface area contributed by atoms with E-state index in [0.717, 1.165) is 49.8 Å². The molecule has 10 aromatic carbocycles. The van der Waals surface area contributed by atoms with Gasteiger partial charge in [-0.05, 0) is 100 Å². The molecule has 0 atom stereocenters. The summed E-state index contributed by atoms with van der Waals surface area (Å²) in [4.78, 5) is 10.5. The number of aromatic nitrogens is 2. The fraction of sp³-hybridized carbons (Fsp3) is 0. The molecule has 0 saturated carbocycles. The fourth-order valence-electron chi connectivity index (χ4n) is 8.84. The molecule has 0 aliphatic carbocycles. The molecule has 11 rings (SSSR count). The van der Waals surface area contributed by atoms with Gasteiger partial charge in [-0.2, -0.15) is 5.26 Å². The van der Waals surface area contributed by atoms with Crippen molar-refractivity contribution in [3.8, 4) is 51.1 Å². The minimum Gasteiger partial charge on any atom is -0.228 e. The van der Waals surface area contributed by atoms with E-state index >= 15 is 0 Å². The molecule has 1 aromatic heterocycles. The van der Waals surface area contributed by atoms with Crippen molar-refractivity contribution in [2.45, 2.75) is 0 Å². The zero-order valence-corrected chi connectivity index (χ0v) is 32.5. The zero-order valence-electron chi connectivity index (χ0n) is 32.5. The summed E-state index contributed by atoms with van der Waals surface area (Å²) in [7, 11) is 0. The molecule has 11 aromatic rings. The zero-order chi connectivity index (χ0) is 40.0. The number of hydrogen-bond donors (Lipinski definition) is 0. The molecule has 0 unspecified atom stereocenters. The average Bonchev–Trinajstić information content (AvgIpc) is 3.33. The molecule has 1 heterocycles. The van der Waals surface area contributed by atoms with E-state index in [1.54, 1.807) is 0 Å². The van der Waals surface area contributed by atoms with Gasteiger partial charge < -0.3 is 0 Å². The molecule has 0 amide bonds. The third-order valence-electron chi connectivity index (χ3n) is 11.8. The number of nitrogens with zero attached hydrogens (tertiary/aromatic N) is 3. The quantitative estimate of drug-likeness (QED) is 0.179. The molecule has 60 heavy (non-hydrogen) atoms. The van der Waals surface area contributed by atoms with Gasteiger partial charge in [-0.25, -0.2) is 9.97 Å². The topological polar surface area (TPSA) is 49.6 Å². The molecule has 0 fully saturated rings. The first kappa shape index (κ1) is 35.0. The second-order valence-electron chi connectivity index (χ2n) is 15.2. The van der Waals surface area contributed by atoms with E-state index in [0.29, 0.717) is 11.4 Å². The third-order valence-corrected chi connectivity index (χ3v) is 11.8. The van der Waals surface area contributed by atoms with Crippen molar-refractivity contribution in [3.05, 3.63) is 218 Å². The fourth-order valence-corrected chi connectivity index (χ4v) is 8.84. The Morgan fingerprint density at radius 1 is 0.300 bits per heavy atom. The Morgan fingerprint density at radius 2 is 0.700 bits per heavy atom. The maximum absolute atomic E-state index is 9.57. The van der Waals surface area contributed by atoms with Gasteiger partial charge >= 0.3 is 0 Å². The molecule has 0 bridgehead atoms. The lowest BCUT2D eigenvalue weighted by Gasteiger charge is -2.13. The summed E-state index contributed by atoms with van der Waals surface area (Å²) >= 11 is 0. The molecule has 0 radical (unpaired) electrons. The first-order valence-corrected chi connectivity index (χ1v) is 20.2. The lowest BCUT2D eigenvalue weighted by molar-refractivity contribution is 1.18. The lowest BCUT2D eigenvalue weighted by atomic mass is 9.93. The van der Waals surface area contributed by atoms with Gasteiger partial charge in [-0.15, -0.1) is 0 Å². The van der Waals surface area contributed by atoms with Crippen molar-refractivity contribution in [2.75, 3.05) is 0 Å². The van der Waals surface area contributed by atoms with E-state index in [1.165, 1.54) is 54.0 Å². The van der Waals surface area contributed by atoms with Crippen LogP contribution >= 0.6 is 0 Å². The van der Waals surface area contributed by atoms with Crippen LogP contribution in [0, 0.1) is 11.3 Å². The highest BCUT2D eigenvalue weighted by Crippen LogP contribution is 2.38. The van der Waals surface area contributed by atoms with Gasteiger partial charge in [0, 0.05) is 16.7 Å². The van der Waals surface area contributed by atoms with Gasteiger partial charge in [0.2, 0.25) is 0 Å². The second-order valence-corrected chi connectivity index (χ2v) is 15.2. The van der Waals surface area contributed by atoms with Gasteiger partial charge in [0.1, 0.15) is 0 Å². The van der Waals surface area contributed by atoms with Crippen LogP contribution in [-0.4, -0.2) is 9.97 Å². The van der Waals surface area contributed by atoms with Crippen LogP contribution in [0.25, 0.3) is 110 Å². The number of hydrogen-bond acceptors (Lipinski definition) is 3. The van der Waals surface area contributed by atoms with Crippen molar-refractivity contribution < 1.29 is 0 Å². The van der Waals surface area contributed by atoms with E-state index in [9.17, 15) is 5.26 Å². The van der Waals surface area contributed by atoms with E-state index in [4.69, 9.17) is 9.97 Å². The number of benzene rings is 9. The Labute approximate surface area is 347 Å². The summed E-state index contributed by atoms with van der Waals surface area (Å²) < 4.78 is 0. The van der Waals surface area contributed by atoms with Crippen molar-refractivity contribution in [2.24, 2.45) is 0 Å². The Bertz CT molecular complexity index is 3520. The molecule has 3 nitrogen and oxygen atoms in total. The molecule has 0 N–H and O–H groups in total. The van der Waals surface area contributed by atoms with Crippen LogP contribution in [0.4, 0.5) is 0 Å². The van der Waals surface area contributed by atoms with Crippen LogP contribution in [-0.2, 0) is 0 Å². The van der Waals surface area contributed by atoms with Crippen molar-refractivity contribution >= 4 is 64.6 Å². The Hall–Kier alpha value is -8.19. The number of nitriles is 1. The van der Waals surface area contributed by atoms with Gasteiger partial charge in [0.05, 0.1) is 23.0 Å². The minimum atomic E-state index is 0.605. The number of rotatable bonds is 4. The second kappa shape index (κ2) is 14.6. The van der Waals surface area contributed by atoms with Crippen LogP contribution in [0.2, 0.25) is 0 Å². The molecular formula is C57H35N3. The van der Waals surface area contributed by atoms with Gasteiger partial charge in [0.25, 0.3) is 0 Å². The minimum absolute atomic E-state index is 0.605. The monoisotopic (exact) mass is 761 g/mol. The van der Waals surface area contributed by atoms with Crippen LogP contribution in [0.15, 0.2) is 212 Å². The van der Waals surface area contributed by atoms with Gasteiger partial charge in [-0.3, -0.25) is 0 Å². The molecule has 278 valence electrons. The standard InChI is InChI=1S/C57H35N3/c58-36-37-24-26-40(27-25-37)55-35-56(60-57(59-55)41-30-28-39(29-31-41)44-23-11-13-38-12-1-2-14-43(38)44)42-32-33-53-51-21-8-7-19-49(51)47-17-4-3-15-45(47)46-16-5-6-18-48(46)50-20-9-10-22-52(50)54(53)34-42/h1-35H. The Morgan fingerprint density at radius 3 is 1.23 bits per heavy atom. The van der Waals surface area contributed by atoms with Crippen LogP contribution in [0.1, 0.15) is 5.56 Å². The van der Waals surface area contributed by atoms with Crippen molar-refractivity contribution in [1.82, 2.24) is 9.97 Å². The maximum Gasteiger partial charge on any atom is 0.160 e. The molecule has 0 spiro atoms. The highest BCUT2D eigenvalue weighted by atomic mass is 14.9. The summed E-state index contributed by atoms with van der Waals surface area (Å²) in [6.07, 6.45) is 0. The molecule has 0 saturated heterocycles. The predicted molar refractivity (Wildman–Crippen MR) is 251 cm³/mol. The van der Waals surface area contributed by atoms with Crippen LogP contribution < -0.4 is 0 Å². The number of fused-ring (bicyclic) bond motifs is 11. The Kier molecular flexibility index (Phi) is 8.54. The van der Waals surface area contributed by atoms with Gasteiger partial charge in [-0.1, -0.05) is 188 Å². The summed E-state index contributed by atoms with van der Waals surface area (Å²) in [6.45, 7) is 0. The summed E-state index contributed by atoms with van der Waals surface area (Å²) in [6, 6.07) is 77.3. The lowest BCUT2D eigenvalue weighted by Crippen LogP contribution is -1.96. The molecule has 0 aliphatic heterocycles. The van der Waals surface area contributed by atoms with E-state index in [2.05, 4.69) is 194 Å². The SMILES string of the molecule is N#Cc1ccc(-c2cc(-c3ccc4c5ccccc5c5ccccc5c5ccccc5c5ccccc5c4c3)nc(-c3ccc(-c4cccc5ccccc45)cc3)n2)cc1. The Balaban J connectivity index is 1.17. The predicted octanol–water partition coefficient (Wildman–Crippen LogP) is 15.1. The normalized spacial score (nSPS) is 11.3. The van der Waals surface area contributed by atoms with Gasteiger partial charge in [0.15, 0.2) is 5.82 Å². The van der Waals surface area contributed by atoms with E-state index in [-0.39, 0.29) is 0 Å². The highest BCUT2D eigenvalue weighted by Gasteiger charge is 2.15. The maximum atomic E-state index is 9.57. The molecule has 3 heteroatoms. The summed E-state index contributed by atoms with van der Waals surface area (Å²) in [5, 5.41) is 23.8. The summed E-state index contributed by atoms with van der Waals surface area (Å²) in [5.41, 5.74) is 7.35. The first-order valence-electron chi connectivity index (χ1n) is 20.2. The van der Waals surface area contributed by atoms with Crippen LogP contribution in [0.3, 0.4) is 0 Å². The first-order chi connectivity index (χ1) is 29.7. The summed E-state index contributed by atoms with van der Waals surface area (Å²) in [5.74, 6) is 0.632. The van der Waals surface area contributed by atoms with Crippen molar-refractivity contribution in [3.63, 3.8) is 0 Å². The van der Waals surface area contributed by atoms with Crippen LogP contribution in [0.5, 0.6) is 0 Å². The van der Waals surface area contributed by atoms with Crippen molar-refractivity contribution in [1.29, 1.82) is 5.26 Å². The van der Waals surface area contributed by atoms with E-state index in [1.807, 2.05) is 24.3 Å².